The number of hydrogen-bond acceptors (Lipinski definition) is 7. The number of anilines is 5. The third-order valence-electron chi connectivity index (χ3n) is 7.26. The SMILES string of the molecule is CC(=O)OCCc1ccc(N(c2ccc(/C=N/N(c3ccccc3)c3ccccc3)cc2)c2ccc(CCOC(C)=O)cc2)cc1. The fourth-order valence-electron chi connectivity index (χ4n) is 4.95. The maximum absolute atomic E-state index is 11.2. The fraction of sp³-hybridized carbons (Fsp3) is 0.154. The zero-order valence-corrected chi connectivity index (χ0v) is 26.1. The van der Waals surface area contributed by atoms with Gasteiger partial charge < -0.3 is 14.4 Å². The molecule has 7 heteroatoms. The van der Waals surface area contributed by atoms with Gasteiger partial charge in [0.1, 0.15) is 0 Å². The van der Waals surface area contributed by atoms with E-state index in [1.165, 1.54) is 13.8 Å². The van der Waals surface area contributed by atoms with E-state index in [9.17, 15) is 9.59 Å². The summed E-state index contributed by atoms with van der Waals surface area (Å²) in [5.74, 6) is -0.555. The van der Waals surface area contributed by atoms with Gasteiger partial charge >= 0.3 is 11.9 Å². The summed E-state index contributed by atoms with van der Waals surface area (Å²) < 4.78 is 10.2. The molecule has 46 heavy (non-hydrogen) atoms. The summed E-state index contributed by atoms with van der Waals surface area (Å²) in [5.41, 5.74) is 8.04. The van der Waals surface area contributed by atoms with Gasteiger partial charge in [0, 0.05) is 43.8 Å². The molecule has 0 aromatic heterocycles. The summed E-state index contributed by atoms with van der Waals surface area (Å²) in [7, 11) is 0. The molecule has 0 atom stereocenters. The van der Waals surface area contributed by atoms with Crippen molar-refractivity contribution in [2.24, 2.45) is 5.10 Å². The molecule has 0 fully saturated rings. The van der Waals surface area contributed by atoms with E-state index < -0.39 is 0 Å². The van der Waals surface area contributed by atoms with Crippen LogP contribution in [0.1, 0.15) is 30.5 Å². The van der Waals surface area contributed by atoms with Crippen molar-refractivity contribution in [3.05, 3.63) is 150 Å². The first-order valence-electron chi connectivity index (χ1n) is 15.3. The quantitative estimate of drug-likeness (QED) is 0.0755. The number of carbonyl (C=O) groups excluding carboxylic acids is 2. The Morgan fingerprint density at radius 1 is 0.543 bits per heavy atom. The molecule has 232 valence electrons. The molecule has 7 nitrogen and oxygen atoms in total. The van der Waals surface area contributed by atoms with Gasteiger partial charge in [0.05, 0.1) is 30.8 Å². The number of carbonyl (C=O) groups is 2. The van der Waals surface area contributed by atoms with Crippen LogP contribution in [0.25, 0.3) is 0 Å². The van der Waals surface area contributed by atoms with Gasteiger partial charge in [-0.1, -0.05) is 72.8 Å². The molecule has 0 saturated carbocycles. The van der Waals surface area contributed by atoms with Crippen molar-refractivity contribution in [1.82, 2.24) is 0 Å². The number of benzene rings is 5. The van der Waals surface area contributed by atoms with E-state index in [0.717, 1.165) is 45.1 Å². The lowest BCUT2D eigenvalue weighted by Crippen LogP contribution is -2.11. The number of hydrazone groups is 1. The molecule has 0 N–H and O–H groups in total. The van der Waals surface area contributed by atoms with Gasteiger partial charge in [-0.25, -0.2) is 5.01 Å². The predicted octanol–water partition coefficient (Wildman–Crippen LogP) is 8.54. The highest BCUT2D eigenvalue weighted by Gasteiger charge is 2.13. The van der Waals surface area contributed by atoms with Crippen molar-refractivity contribution in [3.63, 3.8) is 0 Å². The van der Waals surface area contributed by atoms with Gasteiger partial charge in [-0.05, 0) is 77.4 Å². The lowest BCUT2D eigenvalue weighted by atomic mass is 10.1. The molecular formula is C39H37N3O4. The average Bonchev–Trinajstić information content (AvgIpc) is 3.08. The molecule has 0 aliphatic rings. The van der Waals surface area contributed by atoms with E-state index in [0.29, 0.717) is 26.1 Å². The summed E-state index contributed by atoms with van der Waals surface area (Å²) in [6.45, 7) is 3.54. The first-order chi connectivity index (χ1) is 22.5. The Balaban J connectivity index is 1.40. The maximum Gasteiger partial charge on any atom is 0.302 e. The number of nitrogens with zero attached hydrogens (tertiary/aromatic N) is 3. The van der Waals surface area contributed by atoms with Crippen LogP contribution < -0.4 is 9.91 Å². The predicted molar refractivity (Wildman–Crippen MR) is 184 cm³/mol. The second-order valence-corrected chi connectivity index (χ2v) is 10.7. The van der Waals surface area contributed by atoms with Crippen molar-refractivity contribution in [2.75, 3.05) is 23.1 Å². The molecule has 5 aromatic rings. The van der Waals surface area contributed by atoms with E-state index in [-0.39, 0.29) is 11.9 Å². The van der Waals surface area contributed by atoms with Crippen LogP contribution in [0, 0.1) is 0 Å². The minimum atomic E-state index is -0.277. The number of esters is 2. The Bertz CT molecular complexity index is 1620. The van der Waals surface area contributed by atoms with Gasteiger partial charge in [-0.15, -0.1) is 0 Å². The highest BCUT2D eigenvalue weighted by atomic mass is 16.5. The summed E-state index contributed by atoms with van der Waals surface area (Å²) in [6.07, 6.45) is 3.16. The monoisotopic (exact) mass is 611 g/mol. The van der Waals surface area contributed by atoms with Crippen molar-refractivity contribution < 1.29 is 19.1 Å². The van der Waals surface area contributed by atoms with Crippen molar-refractivity contribution >= 4 is 46.6 Å². The first-order valence-corrected chi connectivity index (χ1v) is 15.3. The van der Waals surface area contributed by atoms with Crippen LogP contribution >= 0.6 is 0 Å². The first kappa shape index (κ1) is 31.7. The Kier molecular flexibility index (Phi) is 10.9. The van der Waals surface area contributed by atoms with E-state index in [2.05, 4.69) is 77.7 Å². The van der Waals surface area contributed by atoms with Gasteiger partial charge in [0.25, 0.3) is 0 Å². The number of para-hydroxylation sites is 2. The molecule has 0 saturated heterocycles. The topological polar surface area (TPSA) is 71.4 Å². The molecule has 0 unspecified atom stereocenters. The number of ether oxygens (including phenoxy) is 2. The van der Waals surface area contributed by atoms with Crippen molar-refractivity contribution in [1.29, 1.82) is 0 Å². The summed E-state index contributed by atoms with van der Waals surface area (Å²) in [5, 5.41) is 6.77. The molecular weight excluding hydrogens is 574 g/mol. The second kappa shape index (κ2) is 15.9. The molecule has 0 bridgehead atoms. The third kappa shape index (κ3) is 8.92. The summed E-state index contributed by atoms with van der Waals surface area (Å²) in [4.78, 5) is 24.5. The van der Waals surface area contributed by atoms with Crippen LogP contribution in [0.15, 0.2) is 139 Å². The van der Waals surface area contributed by atoms with E-state index >= 15 is 0 Å². The molecule has 0 radical (unpaired) electrons. The normalized spacial score (nSPS) is 10.8. The smallest absolute Gasteiger partial charge is 0.302 e. The molecule has 0 aliphatic carbocycles. The molecule has 5 aromatic carbocycles. The number of rotatable bonds is 13. The minimum absolute atomic E-state index is 0.277. The largest absolute Gasteiger partial charge is 0.466 e. The Hall–Kier alpha value is -5.69. The van der Waals surface area contributed by atoms with Crippen molar-refractivity contribution in [2.45, 2.75) is 26.7 Å². The summed E-state index contributed by atoms with van der Waals surface area (Å²) in [6, 6.07) is 45.0. The Labute approximate surface area is 270 Å². The maximum atomic E-state index is 11.2. The van der Waals surface area contributed by atoms with E-state index in [1.54, 1.807) is 0 Å². The number of hydrogen-bond donors (Lipinski definition) is 0. The lowest BCUT2D eigenvalue weighted by Gasteiger charge is -2.26. The van der Waals surface area contributed by atoms with Crippen LogP contribution in [0.3, 0.4) is 0 Å². The van der Waals surface area contributed by atoms with Crippen LogP contribution in [0.4, 0.5) is 28.4 Å². The zero-order valence-electron chi connectivity index (χ0n) is 26.1. The molecule has 0 heterocycles. The van der Waals surface area contributed by atoms with Crippen LogP contribution in [-0.2, 0) is 31.9 Å². The van der Waals surface area contributed by atoms with Crippen LogP contribution in [-0.4, -0.2) is 31.4 Å². The standard InChI is InChI=1S/C39H37N3O4/c1-30(43)45-27-25-32-13-19-35(20-14-32)41(36-21-15-33(16-22-36)26-28-46-31(2)44)37-23-17-34(18-24-37)29-40-42(38-9-5-3-6-10-38)39-11-7-4-8-12-39/h3-24,29H,25-28H2,1-2H3/b40-29+. The fourth-order valence-corrected chi connectivity index (χ4v) is 4.95. The Morgan fingerprint density at radius 3 is 1.33 bits per heavy atom. The molecule has 0 aliphatic heterocycles. The van der Waals surface area contributed by atoms with Crippen LogP contribution in [0.5, 0.6) is 0 Å². The third-order valence-corrected chi connectivity index (χ3v) is 7.26. The van der Waals surface area contributed by atoms with E-state index in [1.807, 2.05) is 71.9 Å². The molecule has 5 rings (SSSR count). The minimum Gasteiger partial charge on any atom is -0.466 e. The van der Waals surface area contributed by atoms with Gasteiger partial charge in [-0.3, -0.25) is 9.59 Å². The second-order valence-electron chi connectivity index (χ2n) is 10.7. The summed E-state index contributed by atoms with van der Waals surface area (Å²) >= 11 is 0. The van der Waals surface area contributed by atoms with Crippen LogP contribution in [0.2, 0.25) is 0 Å². The average molecular weight is 612 g/mol. The zero-order chi connectivity index (χ0) is 32.1. The molecule has 0 spiro atoms. The Morgan fingerprint density at radius 2 is 0.935 bits per heavy atom. The molecule has 0 amide bonds. The van der Waals surface area contributed by atoms with Gasteiger partial charge in [-0.2, -0.15) is 5.10 Å². The highest BCUT2D eigenvalue weighted by molar-refractivity contribution is 5.84. The van der Waals surface area contributed by atoms with E-state index in [4.69, 9.17) is 14.6 Å². The highest BCUT2D eigenvalue weighted by Crippen LogP contribution is 2.35. The van der Waals surface area contributed by atoms with Gasteiger partial charge in [0.2, 0.25) is 0 Å². The van der Waals surface area contributed by atoms with Gasteiger partial charge in [0.15, 0.2) is 0 Å². The van der Waals surface area contributed by atoms with Crippen molar-refractivity contribution in [3.8, 4) is 0 Å². The lowest BCUT2D eigenvalue weighted by molar-refractivity contribution is -0.141.